The number of halogens is 1. The van der Waals surface area contributed by atoms with Crippen LogP contribution in [-0.2, 0) is 6.54 Å². The van der Waals surface area contributed by atoms with E-state index in [4.69, 9.17) is 0 Å². The van der Waals surface area contributed by atoms with Gasteiger partial charge in [0.2, 0.25) is 0 Å². The Hall–Kier alpha value is -1.69. The highest BCUT2D eigenvalue weighted by molar-refractivity contribution is 14.1. The lowest BCUT2D eigenvalue weighted by molar-refractivity contribution is 0.650. The summed E-state index contributed by atoms with van der Waals surface area (Å²) in [5, 5.41) is 8.44. The lowest BCUT2D eigenvalue weighted by Gasteiger charge is -2.00. The third-order valence-corrected chi connectivity index (χ3v) is 3.82. The molecule has 0 saturated carbocycles. The molecule has 1 heterocycles. The molecule has 0 amide bonds. The van der Waals surface area contributed by atoms with Gasteiger partial charge in [-0.25, -0.2) is 4.68 Å². The molecule has 0 atom stereocenters. The van der Waals surface area contributed by atoms with Crippen LogP contribution in [0.15, 0.2) is 60.8 Å². The van der Waals surface area contributed by atoms with Gasteiger partial charge in [0.15, 0.2) is 0 Å². The van der Waals surface area contributed by atoms with Crippen LogP contribution in [0.2, 0.25) is 0 Å². The predicted octanol–water partition coefficient (Wildman–Crippen LogP) is 3.60. The summed E-state index contributed by atoms with van der Waals surface area (Å²) in [6.07, 6.45) is 1.99. The number of aromatic nitrogens is 3. The van der Waals surface area contributed by atoms with Crippen molar-refractivity contribution in [2.45, 2.75) is 6.54 Å². The highest BCUT2D eigenvalue weighted by atomic mass is 127. The Morgan fingerprint density at radius 1 is 0.947 bits per heavy atom. The number of hydrogen-bond donors (Lipinski definition) is 0. The molecule has 3 nitrogen and oxygen atoms in total. The minimum Gasteiger partial charge on any atom is -0.247 e. The van der Waals surface area contributed by atoms with Gasteiger partial charge in [-0.3, -0.25) is 0 Å². The zero-order valence-corrected chi connectivity index (χ0v) is 12.4. The molecule has 0 bridgehead atoms. The quantitative estimate of drug-likeness (QED) is 0.668. The van der Waals surface area contributed by atoms with Gasteiger partial charge in [0, 0.05) is 9.13 Å². The second kappa shape index (κ2) is 5.52. The number of benzene rings is 2. The second-order valence-corrected chi connectivity index (χ2v) is 5.43. The van der Waals surface area contributed by atoms with Gasteiger partial charge in [-0.2, -0.15) is 0 Å². The highest BCUT2D eigenvalue weighted by Gasteiger charge is 2.07. The van der Waals surface area contributed by atoms with E-state index in [0.717, 1.165) is 17.8 Å². The molecule has 0 N–H and O–H groups in total. The average molecular weight is 361 g/mol. The van der Waals surface area contributed by atoms with Gasteiger partial charge < -0.3 is 0 Å². The molecule has 3 rings (SSSR count). The van der Waals surface area contributed by atoms with Crippen molar-refractivity contribution in [2.75, 3.05) is 0 Å². The summed E-state index contributed by atoms with van der Waals surface area (Å²) in [5.74, 6) is 0. The van der Waals surface area contributed by atoms with Gasteiger partial charge in [0.25, 0.3) is 0 Å². The van der Waals surface area contributed by atoms with Crippen molar-refractivity contribution in [2.24, 2.45) is 0 Å². The van der Waals surface area contributed by atoms with Crippen LogP contribution in [0.4, 0.5) is 0 Å². The Balaban J connectivity index is 1.86. The summed E-state index contributed by atoms with van der Waals surface area (Å²) in [4.78, 5) is 0. The fraction of sp³-hybridized carbons (Fsp3) is 0.0667. The molecule has 0 spiro atoms. The molecule has 19 heavy (non-hydrogen) atoms. The monoisotopic (exact) mass is 361 g/mol. The molecule has 0 aliphatic carbocycles. The summed E-state index contributed by atoms with van der Waals surface area (Å²) in [6, 6.07) is 18.5. The van der Waals surface area contributed by atoms with Crippen LogP contribution in [0, 0.1) is 3.57 Å². The third kappa shape index (κ3) is 2.84. The van der Waals surface area contributed by atoms with Gasteiger partial charge in [0.1, 0.15) is 5.69 Å². The minimum atomic E-state index is 0.747. The van der Waals surface area contributed by atoms with Crippen molar-refractivity contribution in [1.82, 2.24) is 15.0 Å². The van der Waals surface area contributed by atoms with E-state index in [1.807, 2.05) is 41.2 Å². The van der Waals surface area contributed by atoms with Crippen molar-refractivity contribution in [3.63, 3.8) is 0 Å². The molecule has 4 heteroatoms. The first-order chi connectivity index (χ1) is 9.33. The summed E-state index contributed by atoms with van der Waals surface area (Å²) < 4.78 is 3.06. The normalized spacial score (nSPS) is 10.6. The molecule has 0 saturated heterocycles. The molecule has 0 aliphatic rings. The van der Waals surface area contributed by atoms with Crippen LogP contribution in [0.25, 0.3) is 11.3 Å². The smallest absolute Gasteiger partial charge is 0.114 e. The number of hydrogen-bond acceptors (Lipinski definition) is 2. The molecular weight excluding hydrogens is 349 g/mol. The maximum Gasteiger partial charge on any atom is 0.114 e. The Bertz CT molecular complexity index is 677. The van der Waals surface area contributed by atoms with Crippen LogP contribution in [0.3, 0.4) is 0 Å². The van der Waals surface area contributed by atoms with Gasteiger partial charge >= 0.3 is 0 Å². The Kier molecular flexibility index (Phi) is 3.59. The number of nitrogens with zero attached hydrogens (tertiary/aromatic N) is 3. The molecule has 1 aromatic heterocycles. The van der Waals surface area contributed by atoms with Gasteiger partial charge in [0.05, 0.1) is 12.7 Å². The maximum atomic E-state index is 4.25. The fourth-order valence-electron chi connectivity index (χ4n) is 1.94. The standard InChI is InChI=1S/C15H12IN3/c16-14-9-5-4-8-13(14)15-11-19(18-17-15)10-12-6-2-1-3-7-12/h1-9,11H,10H2. The summed E-state index contributed by atoms with van der Waals surface area (Å²) in [7, 11) is 0. The molecule has 0 aliphatic heterocycles. The third-order valence-electron chi connectivity index (χ3n) is 2.88. The largest absolute Gasteiger partial charge is 0.247 e. The van der Waals surface area contributed by atoms with E-state index in [0.29, 0.717) is 0 Å². The van der Waals surface area contributed by atoms with Crippen molar-refractivity contribution >= 4 is 22.6 Å². The van der Waals surface area contributed by atoms with Gasteiger partial charge in [-0.1, -0.05) is 53.7 Å². The first kappa shape index (κ1) is 12.3. The Morgan fingerprint density at radius 2 is 1.68 bits per heavy atom. The summed E-state index contributed by atoms with van der Waals surface area (Å²) in [5.41, 5.74) is 3.27. The molecule has 0 fully saturated rings. The number of rotatable bonds is 3. The first-order valence-corrected chi connectivity index (χ1v) is 7.10. The van der Waals surface area contributed by atoms with Crippen LogP contribution >= 0.6 is 22.6 Å². The van der Waals surface area contributed by atoms with E-state index in [9.17, 15) is 0 Å². The highest BCUT2D eigenvalue weighted by Crippen LogP contribution is 2.22. The summed E-state index contributed by atoms with van der Waals surface area (Å²) >= 11 is 2.32. The van der Waals surface area contributed by atoms with Crippen molar-refractivity contribution in [1.29, 1.82) is 0 Å². The lowest BCUT2D eigenvalue weighted by Crippen LogP contribution is -1.99. The van der Waals surface area contributed by atoms with Crippen molar-refractivity contribution in [3.8, 4) is 11.3 Å². The van der Waals surface area contributed by atoms with E-state index in [-0.39, 0.29) is 0 Å². The molecule has 94 valence electrons. The SMILES string of the molecule is Ic1ccccc1-c1cn(Cc2ccccc2)nn1. The van der Waals surface area contributed by atoms with E-state index < -0.39 is 0 Å². The Morgan fingerprint density at radius 3 is 2.47 bits per heavy atom. The molecule has 3 aromatic rings. The van der Waals surface area contributed by atoms with Crippen LogP contribution in [0.1, 0.15) is 5.56 Å². The van der Waals surface area contributed by atoms with E-state index in [1.165, 1.54) is 9.13 Å². The maximum absolute atomic E-state index is 4.25. The second-order valence-electron chi connectivity index (χ2n) is 4.27. The summed E-state index contributed by atoms with van der Waals surface area (Å²) in [6.45, 7) is 0.747. The molecule has 2 aromatic carbocycles. The van der Waals surface area contributed by atoms with E-state index in [2.05, 4.69) is 57.2 Å². The topological polar surface area (TPSA) is 30.7 Å². The molecule has 0 unspecified atom stereocenters. The van der Waals surface area contributed by atoms with Gasteiger partial charge in [-0.15, -0.1) is 5.10 Å². The first-order valence-electron chi connectivity index (χ1n) is 6.02. The van der Waals surface area contributed by atoms with Gasteiger partial charge in [-0.05, 0) is 34.2 Å². The van der Waals surface area contributed by atoms with E-state index in [1.54, 1.807) is 0 Å². The van der Waals surface area contributed by atoms with E-state index >= 15 is 0 Å². The van der Waals surface area contributed by atoms with Crippen molar-refractivity contribution in [3.05, 3.63) is 69.9 Å². The lowest BCUT2D eigenvalue weighted by atomic mass is 10.2. The minimum absolute atomic E-state index is 0.747. The zero-order chi connectivity index (χ0) is 13.1. The molecular formula is C15H12IN3. The fourth-order valence-corrected chi connectivity index (χ4v) is 2.60. The zero-order valence-electron chi connectivity index (χ0n) is 10.2. The average Bonchev–Trinajstić information content (AvgIpc) is 2.89. The van der Waals surface area contributed by atoms with Crippen LogP contribution in [0.5, 0.6) is 0 Å². The Labute approximate surface area is 125 Å². The van der Waals surface area contributed by atoms with Crippen LogP contribution in [-0.4, -0.2) is 15.0 Å². The molecule has 0 radical (unpaired) electrons. The van der Waals surface area contributed by atoms with Crippen molar-refractivity contribution < 1.29 is 0 Å². The van der Waals surface area contributed by atoms with Crippen LogP contribution < -0.4 is 0 Å². The predicted molar refractivity (Wildman–Crippen MR) is 83.7 cm³/mol.